The molecule has 0 radical (unpaired) electrons. The van der Waals surface area contributed by atoms with Crippen molar-refractivity contribution >= 4 is 5.69 Å². The van der Waals surface area contributed by atoms with Crippen molar-refractivity contribution in [3.8, 4) is 5.75 Å². The monoisotopic (exact) mass is 366 g/mol. The van der Waals surface area contributed by atoms with E-state index < -0.39 is 4.92 Å². The summed E-state index contributed by atoms with van der Waals surface area (Å²) in [5.41, 5.74) is 2.70. The van der Waals surface area contributed by atoms with Gasteiger partial charge >= 0.3 is 0 Å². The van der Waals surface area contributed by atoms with Gasteiger partial charge in [-0.05, 0) is 41.0 Å². The average Bonchev–Trinajstić information content (AvgIpc) is 2.69. The van der Waals surface area contributed by atoms with Crippen LogP contribution in [0.2, 0.25) is 0 Å². The fourth-order valence-electron chi connectivity index (χ4n) is 2.88. The first-order chi connectivity index (χ1) is 13.1. The SMILES string of the molecule is COc1ccc(C(NCc2cccc(F)c2)c2ccc([N+](=O)[O-])cc2)cc1. The van der Waals surface area contributed by atoms with Crippen molar-refractivity contribution in [3.63, 3.8) is 0 Å². The second-order valence-corrected chi connectivity index (χ2v) is 6.07. The van der Waals surface area contributed by atoms with Crippen molar-refractivity contribution in [3.05, 3.63) is 105 Å². The molecule has 3 rings (SSSR count). The van der Waals surface area contributed by atoms with Gasteiger partial charge in [0.05, 0.1) is 18.1 Å². The van der Waals surface area contributed by atoms with Crippen LogP contribution in [-0.2, 0) is 6.54 Å². The van der Waals surface area contributed by atoms with Gasteiger partial charge in [-0.2, -0.15) is 0 Å². The Bertz CT molecular complexity index is 911. The van der Waals surface area contributed by atoms with Crippen LogP contribution in [0.4, 0.5) is 10.1 Å². The Morgan fingerprint density at radius 3 is 2.22 bits per heavy atom. The van der Waals surface area contributed by atoms with Crippen molar-refractivity contribution < 1.29 is 14.1 Å². The number of non-ortho nitro benzene ring substituents is 1. The van der Waals surface area contributed by atoms with Gasteiger partial charge in [-0.3, -0.25) is 10.1 Å². The van der Waals surface area contributed by atoms with Gasteiger partial charge in [0.2, 0.25) is 0 Å². The van der Waals surface area contributed by atoms with Crippen LogP contribution in [0.25, 0.3) is 0 Å². The molecule has 0 aromatic heterocycles. The molecule has 6 heteroatoms. The number of benzene rings is 3. The molecule has 27 heavy (non-hydrogen) atoms. The molecule has 0 aliphatic carbocycles. The maximum absolute atomic E-state index is 13.4. The van der Waals surface area contributed by atoms with Gasteiger partial charge in [-0.25, -0.2) is 4.39 Å². The lowest BCUT2D eigenvalue weighted by atomic mass is 9.98. The fourth-order valence-corrected chi connectivity index (χ4v) is 2.88. The molecule has 5 nitrogen and oxygen atoms in total. The third kappa shape index (κ3) is 4.68. The molecule has 0 spiro atoms. The highest BCUT2D eigenvalue weighted by atomic mass is 19.1. The Morgan fingerprint density at radius 2 is 1.67 bits per heavy atom. The van der Waals surface area contributed by atoms with E-state index in [4.69, 9.17) is 4.74 Å². The molecule has 0 saturated heterocycles. The Kier molecular flexibility index (Phi) is 5.78. The Labute approximate surface area is 156 Å². The third-order valence-electron chi connectivity index (χ3n) is 4.29. The molecular weight excluding hydrogens is 347 g/mol. The van der Waals surface area contributed by atoms with Gasteiger partial charge in [-0.1, -0.05) is 36.4 Å². The summed E-state index contributed by atoms with van der Waals surface area (Å²) in [6.07, 6.45) is 0. The van der Waals surface area contributed by atoms with Crippen LogP contribution in [0.3, 0.4) is 0 Å². The number of nitro groups is 1. The standard InChI is InChI=1S/C21H19FN2O3/c1-27-20-11-7-17(8-12-20)21(16-5-9-19(10-6-16)24(25)26)23-14-15-3-2-4-18(22)13-15/h2-13,21,23H,14H2,1H3. The zero-order chi connectivity index (χ0) is 19.2. The summed E-state index contributed by atoms with van der Waals surface area (Å²) in [6, 6.07) is 20.2. The quantitative estimate of drug-likeness (QED) is 0.489. The van der Waals surface area contributed by atoms with E-state index in [1.165, 1.54) is 24.3 Å². The molecule has 0 aliphatic heterocycles. The minimum absolute atomic E-state index is 0.0392. The number of nitrogens with zero attached hydrogens (tertiary/aromatic N) is 1. The number of hydrogen-bond donors (Lipinski definition) is 1. The molecule has 0 bridgehead atoms. The summed E-state index contributed by atoms with van der Waals surface area (Å²) in [4.78, 5) is 10.5. The topological polar surface area (TPSA) is 64.4 Å². The summed E-state index contributed by atoms with van der Waals surface area (Å²) in [5.74, 6) is 0.456. The van der Waals surface area contributed by atoms with Crippen molar-refractivity contribution in [1.29, 1.82) is 0 Å². The maximum Gasteiger partial charge on any atom is 0.269 e. The van der Waals surface area contributed by atoms with E-state index in [0.29, 0.717) is 6.54 Å². The van der Waals surface area contributed by atoms with Crippen LogP contribution >= 0.6 is 0 Å². The van der Waals surface area contributed by atoms with Gasteiger partial charge in [-0.15, -0.1) is 0 Å². The largest absolute Gasteiger partial charge is 0.497 e. The van der Waals surface area contributed by atoms with Gasteiger partial charge < -0.3 is 10.1 Å². The summed E-state index contributed by atoms with van der Waals surface area (Å²) in [5, 5.41) is 14.3. The molecular formula is C21H19FN2O3. The first-order valence-electron chi connectivity index (χ1n) is 8.43. The van der Waals surface area contributed by atoms with Gasteiger partial charge in [0, 0.05) is 18.7 Å². The van der Waals surface area contributed by atoms with E-state index in [1.54, 1.807) is 25.3 Å². The minimum Gasteiger partial charge on any atom is -0.497 e. The molecule has 138 valence electrons. The number of methoxy groups -OCH3 is 1. The summed E-state index contributed by atoms with van der Waals surface area (Å²) in [6.45, 7) is 0.450. The molecule has 3 aromatic carbocycles. The summed E-state index contributed by atoms with van der Waals surface area (Å²) in [7, 11) is 1.60. The van der Waals surface area contributed by atoms with Crippen molar-refractivity contribution in [1.82, 2.24) is 5.32 Å². The van der Waals surface area contributed by atoms with E-state index >= 15 is 0 Å². The number of ether oxygens (including phenoxy) is 1. The predicted molar refractivity (Wildman–Crippen MR) is 101 cm³/mol. The molecule has 1 unspecified atom stereocenters. The minimum atomic E-state index is -0.424. The Balaban J connectivity index is 1.88. The molecule has 0 heterocycles. The van der Waals surface area contributed by atoms with Gasteiger partial charge in [0.25, 0.3) is 5.69 Å². The molecule has 3 aromatic rings. The first-order valence-corrected chi connectivity index (χ1v) is 8.43. The molecule has 0 fully saturated rings. The zero-order valence-corrected chi connectivity index (χ0v) is 14.8. The normalized spacial score (nSPS) is 11.8. The lowest BCUT2D eigenvalue weighted by molar-refractivity contribution is -0.384. The van der Waals surface area contributed by atoms with Crippen LogP contribution in [0.15, 0.2) is 72.8 Å². The highest BCUT2D eigenvalue weighted by Gasteiger charge is 2.16. The molecule has 1 N–H and O–H groups in total. The zero-order valence-electron chi connectivity index (χ0n) is 14.8. The third-order valence-corrected chi connectivity index (χ3v) is 4.29. The van der Waals surface area contributed by atoms with Crippen molar-refractivity contribution in [2.24, 2.45) is 0 Å². The number of halogens is 1. The fraction of sp³-hybridized carbons (Fsp3) is 0.143. The van der Waals surface area contributed by atoms with Crippen molar-refractivity contribution in [2.45, 2.75) is 12.6 Å². The number of nitro benzene ring substituents is 1. The van der Waals surface area contributed by atoms with Crippen LogP contribution < -0.4 is 10.1 Å². The van der Waals surface area contributed by atoms with Crippen LogP contribution in [0, 0.1) is 15.9 Å². The van der Waals surface area contributed by atoms with Gasteiger partial charge in [0.1, 0.15) is 11.6 Å². The van der Waals surface area contributed by atoms with E-state index in [1.807, 2.05) is 30.3 Å². The Morgan fingerprint density at radius 1 is 1.04 bits per heavy atom. The Hall–Kier alpha value is -3.25. The molecule has 0 aliphatic rings. The van der Waals surface area contributed by atoms with Crippen LogP contribution in [0.5, 0.6) is 5.75 Å². The maximum atomic E-state index is 13.4. The molecule has 0 amide bonds. The van der Waals surface area contributed by atoms with E-state index in [0.717, 1.165) is 22.4 Å². The second-order valence-electron chi connectivity index (χ2n) is 6.07. The van der Waals surface area contributed by atoms with Gasteiger partial charge in [0.15, 0.2) is 0 Å². The highest BCUT2D eigenvalue weighted by Crippen LogP contribution is 2.26. The smallest absolute Gasteiger partial charge is 0.269 e. The van der Waals surface area contributed by atoms with E-state index in [9.17, 15) is 14.5 Å². The predicted octanol–water partition coefficient (Wildman–Crippen LogP) is 4.62. The number of rotatable bonds is 7. The van der Waals surface area contributed by atoms with Crippen LogP contribution in [-0.4, -0.2) is 12.0 Å². The average molecular weight is 366 g/mol. The summed E-state index contributed by atoms with van der Waals surface area (Å²) >= 11 is 0. The lowest BCUT2D eigenvalue weighted by Crippen LogP contribution is -2.22. The van der Waals surface area contributed by atoms with Crippen LogP contribution in [0.1, 0.15) is 22.7 Å². The number of hydrogen-bond acceptors (Lipinski definition) is 4. The summed E-state index contributed by atoms with van der Waals surface area (Å²) < 4.78 is 18.6. The first kappa shape index (κ1) is 18.5. The van der Waals surface area contributed by atoms with Crippen molar-refractivity contribution in [2.75, 3.05) is 7.11 Å². The lowest BCUT2D eigenvalue weighted by Gasteiger charge is -2.20. The number of nitrogens with one attached hydrogen (secondary N) is 1. The second kappa shape index (κ2) is 8.42. The highest BCUT2D eigenvalue weighted by molar-refractivity contribution is 5.40. The van der Waals surface area contributed by atoms with E-state index in [-0.39, 0.29) is 17.5 Å². The molecule has 1 atom stereocenters. The van der Waals surface area contributed by atoms with E-state index in [2.05, 4.69) is 5.32 Å². The molecule has 0 saturated carbocycles.